The first kappa shape index (κ1) is 36.5. The summed E-state index contributed by atoms with van der Waals surface area (Å²) in [5.74, 6) is -0.633. The fourth-order valence-electron chi connectivity index (χ4n) is 6.49. The molecule has 0 amide bonds. The number of rotatable bonds is 18. The SMILES string of the molecule is C=CC(=O)OCCCCCC(=O)Oc1ccc(C2(c3ccc(OC(=O)CCCCCOC(=O)C=C)cc3)c3ccccc3-c3ccccc32)cc1. The summed E-state index contributed by atoms with van der Waals surface area (Å²) in [6, 6.07) is 32.0. The Bertz CT molecular complexity index is 1720. The third kappa shape index (κ3) is 8.89. The van der Waals surface area contributed by atoms with Gasteiger partial charge in [-0.2, -0.15) is 0 Å². The molecule has 1 aliphatic rings. The van der Waals surface area contributed by atoms with Crippen molar-refractivity contribution in [3.05, 3.63) is 145 Å². The lowest BCUT2D eigenvalue weighted by Gasteiger charge is -2.34. The Labute approximate surface area is 298 Å². The van der Waals surface area contributed by atoms with Crippen LogP contribution in [-0.2, 0) is 34.1 Å². The Morgan fingerprint density at radius 1 is 0.510 bits per heavy atom. The Hall–Kier alpha value is -5.76. The molecule has 5 rings (SSSR count). The average molecular weight is 687 g/mol. The molecule has 262 valence electrons. The van der Waals surface area contributed by atoms with Crippen molar-refractivity contribution in [2.24, 2.45) is 0 Å². The van der Waals surface area contributed by atoms with E-state index in [-0.39, 0.29) is 24.8 Å². The van der Waals surface area contributed by atoms with E-state index in [0.29, 0.717) is 50.4 Å². The minimum atomic E-state index is -0.678. The predicted molar refractivity (Wildman–Crippen MR) is 194 cm³/mol. The van der Waals surface area contributed by atoms with Crippen molar-refractivity contribution < 1.29 is 38.1 Å². The lowest BCUT2D eigenvalue weighted by atomic mass is 9.68. The third-order valence-electron chi connectivity index (χ3n) is 8.86. The van der Waals surface area contributed by atoms with E-state index in [1.807, 2.05) is 72.8 Å². The molecule has 4 aromatic rings. The lowest BCUT2D eigenvalue weighted by molar-refractivity contribution is -0.138. The molecule has 4 aromatic carbocycles. The molecule has 51 heavy (non-hydrogen) atoms. The van der Waals surface area contributed by atoms with Crippen LogP contribution in [0.5, 0.6) is 11.5 Å². The first-order valence-corrected chi connectivity index (χ1v) is 17.3. The molecule has 8 nitrogen and oxygen atoms in total. The standard InChI is InChI=1S/C43H42O8/c1-3-39(44)48-29-13-5-7-19-41(46)50-33-25-21-31(22-26-33)43(37-17-11-9-15-35(37)36-16-10-12-18-38(36)43)32-23-27-34(28-24-32)51-42(47)20-8-6-14-30-49-40(45)4-2/h3-4,9-12,15-18,21-28H,1-2,5-8,13-14,19-20,29-30H2. The molecule has 8 heteroatoms. The smallest absolute Gasteiger partial charge is 0.330 e. The Balaban J connectivity index is 1.30. The van der Waals surface area contributed by atoms with Crippen molar-refractivity contribution >= 4 is 23.9 Å². The van der Waals surface area contributed by atoms with Crippen molar-refractivity contribution in [1.29, 1.82) is 0 Å². The van der Waals surface area contributed by atoms with Gasteiger partial charge in [0, 0.05) is 25.0 Å². The van der Waals surface area contributed by atoms with Gasteiger partial charge < -0.3 is 18.9 Å². The van der Waals surface area contributed by atoms with Gasteiger partial charge in [0.25, 0.3) is 0 Å². The van der Waals surface area contributed by atoms with Crippen molar-refractivity contribution in [2.45, 2.75) is 56.8 Å². The van der Waals surface area contributed by atoms with Gasteiger partial charge in [0.15, 0.2) is 0 Å². The van der Waals surface area contributed by atoms with Crippen LogP contribution in [-0.4, -0.2) is 37.1 Å². The second-order valence-electron chi connectivity index (χ2n) is 12.2. The van der Waals surface area contributed by atoms with E-state index in [4.69, 9.17) is 18.9 Å². The molecule has 0 aromatic heterocycles. The summed E-state index contributed by atoms with van der Waals surface area (Å²) in [7, 11) is 0. The number of hydrogen-bond donors (Lipinski definition) is 0. The Morgan fingerprint density at radius 2 is 0.902 bits per heavy atom. The zero-order valence-corrected chi connectivity index (χ0v) is 28.6. The van der Waals surface area contributed by atoms with Gasteiger partial charge in [0.2, 0.25) is 0 Å². The highest BCUT2D eigenvalue weighted by Gasteiger charge is 2.45. The summed E-state index contributed by atoms with van der Waals surface area (Å²) >= 11 is 0. The van der Waals surface area contributed by atoms with Crippen LogP contribution < -0.4 is 9.47 Å². The third-order valence-corrected chi connectivity index (χ3v) is 8.86. The van der Waals surface area contributed by atoms with Gasteiger partial charge in [0.05, 0.1) is 18.6 Å². The number of unbranched alkanes of at least 4 members (excludes halogenated alkanes) is 4. The number of esters is 4. The van der Waals surface area contributed by atoms with Gasteiger partial charge in [0.1, 0.15) is 11.5 Å². The zero-order valence-electron chi connectivity index (χ0n) is 28.6. The quantitative estimate of drug-likeness (QED) is 0.0392. The van der Waals surface area contributed by atoms with Crippen LogP contribution >= 0.6 is 0 Å². The number of carbonyl (C=O) groups is 4. The molecule has 0 unspecified atom stereocenters. The maximum Gasteiger partial charge on any atom is 0.330 e. The van der Waals surface area contributed by atoms with Crippen LogP contribution in [0.3, 0.4) is 0 Å². The predicted octanol–water partition coefficient (Wildman–Crippen LogP) is 8.44. The molecule has 0 saturated carbocycles. The van der Waals surface area contributed by atoms with Crippen LogP contribution in [0.4, 0.5) is 0 Å². The van der Waals surface area contributed by atoms with E-state index in [1.54, 1.807) is 0 Å². The van der Waals surface area contributed by atoms with E-state index in [1.165, 1.54) is 0 Å². The van der Waals surface area contributed by atoms with Gasteiger partial charge in [-0.05, 0) is 96.2 Å². The summed E-state index contributed by atoms with van der Waals surface area (Å²) in [6.07, 6.45) is 6.80. The maximum absolute atomic E-state index is 12.6. The largest absolute Gasteiger partial charge is 0.463 e. The minimum Gasteiger partial charge on any atom is -0.463 e. The summed E-state index contributed by atoms with van der Waals surface area (Å²) in [4.78, 5) is 47.6. The van der Waals surface area contributed by atoms with Crippen LogP contribution in [0, 0.1) is 0 Å². The molecule has 0 atom stereocenters. The van der Waals surface area contributed by atoms with Crippen LogP contribution in [0.1, 0.15) is 73.6 Å². The highest BCUT2D eigenvalue weighted by atomic mass is 16.5. The van der Waals surface area contributed by atoms with Crippen molar-refractivity contribution in [1.82, 2.24) is 0 Å². The topological polar surface area (TPSA) is 105 Å². The number of carbonyl (C=O) groups excluding carboxylic acids is 4. The summed E-state index contributed by atoms with van der Waals surface area (Å²) in [6.45, 7) is 7.34. The molecule has 0 fully saturated rings. The van der Waals surface area contributed by atoms with E-state index >= 15 is 0 Å². The van der Waals surface area contributed by atoms with E-state index < -0.39 is 17.4 Å². The fraction of sp³-hybridized carbons (Fsp3) is 0.256. The molecule has 0 saturated heterocycles. The molecular weight excluding hydrogens is 644 g/mol. The minimum absolute atomic E-state index is 0.256. The van der Waals surface area contributed by atoms with E-state index in [9.17, 15) is 19.2 Å². The summed E-state index contributed by atoms with van der Waals surface area (Å²) < 4.78 is 21.3. The highest BCUT2D eigenvalue weighted by molar-refractivity contribution is 5.86. The van der Waals surface area contributed by atoms with Crippen LogP contribution in [0.15, 0.2) is 122 Å². The molecule has 0 radical (unpaired) electrons. The molecular formula is C43H42O8. The van der Waals surface area contributed by atoms with Gasteiger partial charge >= 0.3 is 23.9 Å². The van der Waals surface area contributed by atoms with Crippen molar-refractivity contribution in [2.75, 3.05) is 13.2 Å². The van der Waals surface area contributed by atoms with Gasteiger partial charge in [-0.25, -0.2) is 9.59 Å². The first-order valence-electron chi connectivity index (χ1n) is 17.3. The molecule has 0 spiro atoms. The van der Waals surface area contributed by atoms with Crippen molar-refractivity contribution in [3.8, 4) is 22.6 Å². The average Bonchev–Trinajstić information content (AvgIpc) is 3.46. The molecule has 1 aliphatic carbocycles. The normalized spacial score (nSPS) is 12.2. The fourth-order valence-corrected chi connectivity index (χ4v) is 6.49. The molecule has 0 N–H and O–H groups in total. The number of hydrogen-bond acceptors (Lipinski definition) is 8. The monoisotopic (exact) mass is 686 g/mol. The van der Waals surface area contributed by atoms with Gasteiger partial charge in [-0.3, -0.25) is 9.59 Å². The Kier molecular flexibility index (Phi) is 12.7. The molecule has 0 bridgehead atoms. The Morgan fingerprint density at radius 3 is 1.29 bits per heavy atom. The number of ether oxygens (including phenoxy) is 4. The number of fused-ring (bicyclic) bond motifs is 3. The van der Waals surface area contributed by atoms with Gasteiger partial charge in [-0.15, -0.1) is 0 Å². The van der Waals surface area contributed by atoms with Crippen LogP contribution in [0.25, 0.3) is 11.1 Å². The maximum atomic E-state index is 12.6. The van der Waals surface area contributed by atoms with E-state index in [2.05, 4.69) is 37.4 Å². The van der Waals surface area contributed by atoms with Crippen molar-refractivity contribution in [3.63, 3.8) is 0 Å². The van der Waals surface area contributed by atoms with Gasteiger partial charge in [-0.1, -0.05) is 86.0 Å². The lowest BCUT2D eigenvalue weighted by Crippen LogP contribution is -2.28. The highest BCUT2D eigenvalue weighted by Crippen LogP contribution is 2.56. The zero-order chi connectivity index (χ0) is 36.1. The molecule has 0 aliphatic heterocycles. The molecule has 0 heterocycles. The number of benzene rings is 4. The van der Waals surface area contributed by atoms with Crippen LogP contribution in [0.2, 0.25) is 0 Å². The first-order chi connectivity index (χ1) is 24.9. The summed E-state index contributed by atoms with van der Waals surface area (Å²) in [5.41, 5.74) is 5.84. The summed E-state index contributed by atoms with van der Waals surface area (Å²) in [5, 5.41) is 0. The second-order valence-corrected chi connectivity index (χ2v) is 12.2. The second kappa shape index (κ2) is 17.8. The van der Waals surface area contributed by atoms with E-state index in [0.717, 1.165) is 58.4 Å².